The van der Waals surface area contributed by atoms with Crippen molar-refractivity contribution in [2.75, 3.05) is 10.6 Å². The second kappa shape index (κ2) is 7.50. The second-order valence-corrected chi connectivity index (χ2v) is 8.11. The fourth-order valence-electron chi connectivity index (χ4n) is 2.86. The van der Waals surface area contributed by atoms with Crippen LogP contribution in [0.25, 0.3) is 11.0 Å². The Morgan fingerprint density at radius 3 is 2.29 bits per heavy atom. The zero-order chi connectivity index (χ0) is 20.5. The third kappa shape index (κ3) is 4.25. The van der Waals surface area contributed by atoms with E-state index in [2.05, 4.69) is 10.6 Å². The van der Waals surface area contributed by atoms with E-state index in [9.17, 15) is 9.59 Å². The average molecular weight is 378 g/mol. The van der Waals surface area contributed by atoms with E-state index in [1.165, 1.54) is 6.07 Å². The number of hydrogen-bond donors (Lipinski definition) is 2. The van der Waals surface area contributed by atoms with Crippen LogP contribution >= 0.6 is 0 Å². The Morgan fingerprint density at radius 2 is 1.64 bits per heavy atom. The van der Waals surface area contributed by atoms with Crippen molar-refractivity contribution in [3.8, 4) is 0 Å². The van der Waals surface area contributed by atoms with Crippen LogP contribution in [0, 0.1) is 19.3 Å². The molecular weight excluding hydrogens is 352 g/mol. The highest BCUT2D eigenvalue weighted by Gasteiger charge is 2.21. The van der Waals surface area contributed by atoms with Gasteiger partial charge in [-0.15, -0.1) is 0 Å². The third-order valence-corrected chi connectivity index (χ3v) is 4.82. The van der Waals surface area contributed by atoms with Crippen LogP contribution in [0.15, 0.2) is 51.7 Å². The number of fused-ring (bicyclic) bond motifs is 1. The maximum absolute atomic E-state index is 12.1. The van der Waals surface area contributed by atoms with Gasteiger partial charge in [0.05, 0.1) is 0 Å². The molecule has 0 radical (unpaired) electrons. The molecule has 0 atom stereocenters. The lowest BCUT2D eigenvalue weighted by molar-refractivity contribution is -0.123. The van der Waals surface area contributed by atoms with E-state index in [-0.39, 0.29) is 11.5 Å². The Morgan fingerprint density at radius 1 is 1.00 bits per heavy atom. The van der Waals surface area contributed by atoms with Gasteiger partial charge in [-0.3, -0.25) is 4.79 Å². The van der Waals surface area contributed by atoms with Crippen LogP contribution in [-0.2, 0) is 11.3 Å². The Bertz CT molecular complexity index is 1070. The maximum Gasteiger partial charge on any atom is 0.336 e. The number of hydrogen-bond acceptors (Lipinski definition) is 4. The van der Waals surface area contributed by atoms with Crippen LogP contribution in [0.1, 0.15) is 37.5 Å². The summed E-state index contributed by atoms with van der Waals surface area (Å²) in [5.41, 5.74) is 4.47. The van der Waals surface area contributed by atoms with Gasteiger partial charge >= 0.3 is 5.63 Å². The van der Waals surface area contributed by atoms with E-state index in [0.717, 1.165) is 33.5 Å². The van der Waals surface area contributed by atoms with Crippen molar-refractivity contribution in [2.24, 2.45) is 5.41 Å². The summed E-state index contributed by atoms with van der Waals surface area (Å²) in [5, 5.41) is 7.17. The predicted molar refractivity (Wildman–Crippen MR) is 114 cm³/mol. The molecule has 0 saturated carbocycles. The molecule has 0 bridgehead atoms. The minimum Gasteiger partial charge on any atom is -0.422 e. The zero-order valence-corrected chi connectivity index (χ0v) is 17.0. The number of aryl methyl sites for hydroxylation is 2. The Kier molecular flexibility index (Phi) is 5.27. The van der Waals surface area contributed by atoms with Gasteiger partial charge < -0.3 is 15.1 Å². The second-order valence-electron chi connectivity index (χ2n) is 8.11. The molecule has 0 spiro atoms. The minimum absolute atomic E-state index is 0.0265. The topological polar surface area (TPSA) is 71.3 Å². The summed E-state index contributed by atoms with van der Waals surface area (Å²) >= 11 is 0. The van der Waals surface area contributed by atoms with Gasteiger partial charge in [-0.1, -0.05) is 32.9 Å². The van der Waals surface area contributed by atoms with Gasteiger partial charge in [0.25, 0.3) is 0 Å². The molecule has 3 rings (SSSR count). The lowest BCUT2D eigenvalue weighted by atomic mass is 9.95. The fourth-order valence-corrected chi connectivity index (χ4v) is 2.86. The molecule has 0 unspecified atom stereocenters. The van der Waals surface area contributed by atoms with Crippen molar-refractivity contribution >= 4 is 28.3 Å². The molecule has 3 aromatic rings. The molecular formula is C23H26N2O3. The van der Waals surface area contributed by atoms with Crippen molar-refractivity contribution in [1.82, 2.24) is 0 Å². The molecule has 5 heteroatoms. The molecule has 1 heterocycles. The Hall–Kier alpha value is -3.08. The number of nitrogens with one attached hydrogen (secondary N) is 2. The number of anilines is 2. The lowest BCUT2D eigenvalue weighted by Crippen LogP contribution is -2.27. The lowest BCUT2D eigenvalue weighted by Gasteiger charge is -2.18. The summed E-state index contributed by atoms with van der Waals surface area (Å²) in [6.07, 6.45) is 0. The smallest absolute Gasteiger partial charge is 0.336 e. The molecule has 28 heavy (non-hydrogen) atoms. The molecule has 0 aliphatic rings. The summed E-state index contributed by atoms with van der Waals surface area (Å²) in [6, 6.07) is 13.1. The number of rotatable bonds is 4. The van der Waals surface area contributed by atoms with Gasteiger partial charge in [-0.25, -0.2) is 4.79 Å². The standard InChI is InChI=1S/C23H26N2O3/c1-14-6-11-19-16(12-20(26)28-21(19)15(14)2)13-24-17-7-9-18(10-8-17)25-22(27)23(3,4)5/h6-12,24H,13H2,1-5H3,(H,25,27). The van der Waals surface area contributed by atoms with E-state index in [4.69, 9.17) is 4.42 Å². The van der Waals surface area contributed by atoms with Crippen LogP contribution in [0.2, 0.25) is 0 Å². The van der Waals surface area contributed by atoms with Crippen LogP contribution in [0.5, 0.6) is 0 Å². The normalized spacial score (nSPS) is 11.5. The SMILES string of the molecule is Cc1ccc2c(CNc3ccc(NC(=O)C(C)(C)C)cc3)cc(=O)oc2c1C. The molecule has 5 nitrogen and oxygen atoms in total. The van der Waals surface area contributed by atoms with Crippen molar-refractivity contribution in [3.63, 3.8) is 0 Å². The quantitative estimate of drug-likeness (QED) is 0.626. The van der Waals surface area contributed by atoms with E-state index in [1.807, 2.05) is 71.0 Å². The highest BCUT2D eigenvalue weighted by atomic mass is 16.4. The van der Waals surface area contributed by atoms with E-state index < -0.39 is 5.41 Å². The summed E-state index contributed by atoms with van der Waals surface area (Å²) < 4.78 is 5.42. The molecule has 0 aliphatic heterocycles. The predicted octanol–water partition coefficient (Wildman–Crippen LogP) is 5.01. The number of benzene rings is 2. The highest BCUT2D eigenvalue weighted by Crippen LogP contribution is 2.24. The first-order chi connectivity index (χ1) is 13.1. The van der Waals surface area contributed by atoms with Crippen molar-refractivity contribution in [1.29, 1.82) is 0 Å². The van der Waals surface area contributed by atoms with Crippen LogP contribution < -0.4 is 16.3 Å². The summed E-state index contributed by atoms with van der Waals surface area (Å²) in [7, 11) is 0. The molecule has 0 saturated heterocycles. The minimum atomic E-state index is -0.442. The molecule has 2 N–H and O–H groups in total. The number of carbonyl (C=O) groups is 1. The number of carbonyl (C=O) groups excluding carboxylic acids is 1. The van der Waals surface area contributed by atoms with Crippen LogP contribution in [0.4, 0.5) is 11.4 Å². The molecule has 1 aromatic heterocycles. The van der Waals surface area contributed by atoms with E-state index in [0.29, 0.717) is 12.1 Å². The molecule has 146 valence electrons. The Labute approximate surface area is 164 Å². The Balaban J connectivity index is 1.77. The number of amides is 1. The summed E-state index contributed by atoms with van der Waals surface area (Å²) in [6.45, 7) is 10.1. The highest BCUT2D eigenvalue weighted by molar-refractivity contribution is 5.94. The molecule has 1 amide bonds. The first-order valence-electron chi connectivity index (χ1n) is 9.33. The van der Waals surface area contributed by atoms with Crippen LogP contribution in [-0.4, -0.2) is 5.91 Å². The zero-order valence-electron chi connectivity index (χ0n) is 17.0. The van der Waals surface area contributed by atoms with Gasteiger partial charge in [-0.2, -0.15) is 0 Å². The molecule has 0 fully saturated rings. The van der Waals surface area contributed by atoms with Gasteiger partial charge in [-0.05, 0) is 54.8 Å². The van der Waals surface area contributed by atoms with Gasteiger partial charge in [0.1, 0.15) is 5.58 Å². The molecule has 0 aliphatic carbocycles. The third-order valence-electron chi connectivity index (χ3n) is 4.82. The fraction of sp³-hybridized carbons (Fsp3) is 0.304. The van der Waals surface area contributed by atoms with Crippen molar-refractivity contribution < 1.29 is 9.21 Å². The van der Waals surface area contributed by atoms with Crippen LogP contribution in [0.3, 0.4) is 0 Å². The first kappa shape index (κ1) is 19.7. The van der Waals surface area contributed by atoms with Gasteiger partial charge in [0, 0.05) is 34.8 Å². The summed E-state index contributed by atoms with van der Waals surface area (Å²) in [5.74, 6) is -0.0265. The van der Waals surface area contributed by atoms with E-state index in [1.54, 1.807) is 0 Å². The summed E-state index contributed by atoms with van der Waals surface area (Å²) in [4.78, 5) is 24.0. The van der Waals surface area contributed by atoms with Crippen molar-refractivity contribution in [2.45, 2.75) is 41.2 Å². The average Bonchev–Trinajstić information content (AvgIpc) is 2.63. The van der Waals surface area contributed by atoms with E-state index >= 15 is 0 Å². The van der Waals surface area contributed by atoms with Gasteiger partial charge in [0.15, 0.2) is 0 Å². The molecule has 2 aromatic carbocycles. The first-order valence-corrected chi connectivity index (χ1v) is 9.33. The largest absolute Gasteiger partial charge is 0.422 e. The monoisotopic (exact) mass is 378 g/mol. The van der Waals surface area contributed by atoms with Gasteiger partial charge in [0.2, 0.25) is 5.91 Å². The maximum atomic E-state index is 12.1. The van der Waals surface area contributed by atoms with Crippen molar-refractivity contribution in [3.05, 3.63) is 69.6 Å².